The molecule has 0 saturated carbocycles. The monoisotopic (exact) mass is 251 g/mol. The van der Waals surface area contributed by atoms with E-state index in [0.29, 0.717) is 0 Å². The summed E-state index contributed by atoms with van der Waals surface area (Å²) in [5.41, 5.74) is 2.18. The van der Waals surface area contributed by atoms with Crippen molar-refractivity contribution >= 4 is 11.6 Å². The topological polar surface area (TPSA) is 87.3 Å². The summed E-state index contributed by atoms with van der Waals surface area (Å²) < 4.78 is 36.9. The first-order valence-electron chi connectivity index (χ1n) is 4.67. The van der Waals surface area contributed by atoms with Crippen molar-refractivity contribution in [3.05, 3.63) is 12.4 Å². The van der Waals surface area contributed by atoms with Gasteiger partial charge in [0.05, 0.1) is 19.0 Å². The van der Waals surface area contributed by atoms with Gasteiger partial charge in [0, 0.05) is 6.54 Å². The van der Waals surface area contributed by atoms with E-state index < -0.39 is 19.3 Å². The zero-order chi connectivity index (χ0) is 12.9. The Morgan fingerprint density at radius 2 is 2.12 bits per heavy atom. The molecule has 0 saturated heterocycles. The van der Waals surface area contributed by atoms with Crippen LogP contribution in [0, 0.1) is 0 Å². The molecule has 1 aromatic rings. The highest BCUT2D eigenvalue weighted by Crippen LogP contribution is 2.20. The zero-order valence-corrected chi connectivity index (χ0v) is 8.78. The first-order chi connectivity index (χ1) is 7.96. The van der Waals surface area contributed by atoms with E-state index in [1.165, 1.54) is 12.4 Å². The quantitative estimate of drug-likeness (QED) is 0.509. The van der Waals surface area contributed by atoms with Crippen LogP contribution in [-0.4, -0.2) is 40.9 Å². The maximum Gasteiger partial charge on any atom is 0.405 e. The highest BCUT2D eigenvalue weighted by molar-refractivity contribution is 5.43. The number of anilines is 2. The summed E-state index contributed by atoms with van der Waals surface area (Å²) in [7, 11) is 0. The van der Waals surface area contributed by atoms with E-state index in [9.17, 15) is 13.2 Å². The Kier molecular flexibility index (Phi) is 4.46. The van der Waals surface area contributed by atoms with Gasteiger partial charge in [0.15, 0.2) is 5.82 Å². The number of hydrazine groups is 1. The number of nitrogen functional groups attached to an aromatic ring is 1. The van der Waals surface area contributed by atoms with Crippen LogP contribution in [-0.2, 0) is 0 Å². The molecule has 0 aromatic carbocycles. The van der Waals surface area contributed by atoms with Crippen LogP contribution >= 0.6 is 0 Å². The lowest BCUT2D eigenvalue weighted by Crippen LogP contribution is -2.37. The van der Waals surface area contributed by atoms with Gasteiger partial charge in [-0.15, -0.1) is 0 Å². The van der Waals surface area contributed by atoms with E-state index in [2.05, 4.69) is 15.4 Å². The minimum atomic E-state index is -4.39. The summed E-state index contributed by atoms with van der Waals surface area (Å²) in [6, 6.07) is 0. The fraction of sp³-hybridized carbons (Fsp3) is 0.500. The van der Waals surface area contributed by atoms with Crippen molar-refractivity contribution in [2.24, 2.45) is 5.84 Å². The molecular weight excluding hydrogens is 239 g/mol. The molecule has 0 amide bonds. The average Bonchev–Trinajstić information content (AvgIpc) is 2.27. The van der Waals surface area contributed by atoms with Gasteiger partial charge in [-0.05, 0) is 0 Å². The fourth-order valence-corrected chi connectivity index (χ4v) is 1.19. The molecule has 6 nitrogen and oxygen atoms in total. The Bertz CT molecular complexity index is 359. The molecule has 17 heavy (non-hydrogen) atoms. The molecule has 0 fully saturated rings. The third-order valence-electron chi connectivity index (χ3n) is 1.83. The Morgan fingerprint density at radius 3 is 2.65 bits per heavy atom. The summed E-state index contributed by atoms with van der Waals surface area (Å²) >= 11 is 0. The number of nitrogens with two attached hydrogens (primary N) is 1. The Labute approximate surface area is 95.2 Å². The number of rotatable bonds is 5. The highest BCUT2D eigenvalue weighted by Gasteiger charge is 2.31. The number of hydrogen-bond donors (Lipinski definition) is 3. The van der Waals surface area contributed by atoms with Crippen molar-refractivity contribution in [1.29, 1.82) is 0 Å². The molecule has 96 valence electrons. The standard InChI is InChI=1S/C8H12F3N5O/c9-8(10,11)5-16(1-2-17)7-4-13-3-6(14-7)15-12/h3-4,17H,1-2,5,12H2,(H,14,15). The van der Waals surface area contributed by atoms with Gasteiger partial charge < -0.3 is 15.4 Å². The van der Waals surface area contributed by atoms with Gasteiger partial charge in [-0.2, -0.15) is 13.2 Å². The number of hydrogen-bond acceptors (Lipinski definition) is 6. The Hall–Kier alpha value is -1.61. The normalized spacial score (nSPS) is 11.4. The molecule has 0 unspecified atom stereocenters. The van der Waals surface area contributed by atoms with Crippen molar-refractivity contribution in [3.63, 3.8) is 0 Å². The van der Waals surface area contributed by atoms with Crippen LogP contribution < -0.4 is 16.2 Å². The second-order valence-electron chi connectivity index (χ2n) is 3.17. The van der Waals surface area contributed by atoms with Crippen molar-refractivity contribution in [1.82, 2.24) is 9.97 Å². The number of nitrogens with zero attached hydrogens (tertiary/aromatic N) is 3. The average molecular weight is 251 g/mol. The largest absolute Gasteiger partial charge is 0.405 e. The number of aromatic nitrogens is 2. The summed E-state index contributed by atoms with van der Waals surface area (Å²) in [6.45, 7) is -1.82. The molecule has 0 aliphatic carbocycles. The number of alkyl halides is 3. The summed E-state index contributed by atoms with van der Waals surface area (Å²) in [6.07, 6.45) is -1.94. The lowest BCUT2D eigenvalue weighted by molar-refractivity contribution is -0.120. The molecule has 1 aromatic heterocycles. The van der Waals surface area contributed by atoms with Crippen LogP contribution in [0.25, 0.3) is 0 Å². The van der Waals surface area contributed by atoms with Crippen LogP contribution in [0.2, 0.25) is 0 Å². The van der Waals surface area contributed by atoms with E-state index in [4.69, 9.17) is 10.9 Å². The zero-order valence-electron chi connectivity index (χ0n) is 8.78. The summed E-state index contributed by atoms with van der Waals surface area (Å²) in [5, 5.41) is 8.72. The van der Waals surface area contributed by atoms with Crippen molar-refractivity contribution < 1.29 is 18.3 Å². The van der Waals surface area contributed by atoms with Gasteiger partial charge >= 0.3 is 6.18 Å². The first-order valence-corrected chi connectivity index (χ1v) is 4.67. The second kappa shape index (κ2) is 5.64. The smallest absolute Gasteiger partial charge is 0.395 e. The van der Waals surface area contributed by atoms with Crippen LogP contribution in [0.5, 0.6) is 0 Å². The molecule has 0 bridgehead atoms. The lowest BCUT2D eigenvalue weighted by Gasteiger charge is -2.23. The minimum Gasteiger partial charge on any atom is -0.395 e. The molecule has 1 rings (SSSR count). The number of aliphatic hydroxyl groups is 1. The Balaban J connectivity index is 2.88. The van der Waals surface area contributed by atoms with Gasteiger partial charge in [0.1, 0.15) is 12.4 Å². The first kappa shape index (κ1) is 13.5. The molecule has 0 radical (unpaired) electrons. The predicted octanol–water partition coefficient (Wildman–Crippen LogP) is 0.123. The molecule has 9 heteroatoms. The third-order valence-corrected chi connectivity index (χ3v) is 1.83. The van der Waals surface area contributed by atoms with Crippen molar-refractivity contribution in [3.8, 4) is 0 Å². The van der Waals surface area contributed by atoms with E-state index in [-0.39, 0.29) is 18.2 Å². The molecule has 0 spiro atoms. The molecule has 0 atom stereocenters. The van der Waals surface area contributed by atoms with Gasteiger partial charge in [-0.1, -0.05) is 0 Å². The minimum absolute atomic E-state index is 0.00757. The van der Waals surface area contributed by atoms with Gasteiger partial charge in [-0.3, -0.25) is 4.98 Å². The molecule has 0 aliphatic rings. The molecular formula is C8H12F3N5O. The van der Waals surface area contributed by atoms with E-state index >= 15 is 0 Å². The van der Waals surface area contributed by atoms with Gasteiger partial charge in [-0.25, -0.2) is 10.8 Å². The van der Waals surface area contributed by atoms with Crippen LogP contribution in [0.4, 0.5) is 24.8 Å². The highest BCUT2D eigenvalue weighted by atomic mass is 19.4. The lowest BCUT2D eigenvalue weighted by atomic mass is 10.4. The second-order valence-corrected chi connectivity index (χ2v) is 3.17. The van der Waals surface area contributed by atoms with Gasteiger partial charge in [0.25, 0.3) is 0 Å². The van der Waals surface area contributed by atoms with E-state index in [1.54, 1.807) is 0 Å². The number of nitrogens with one attached hydrogen (secondary N) is 1. The van der Waals surface area contributed by atoms with Gasteiger partial charge in [0.2, 0.25) is 0 Å². The SMILES string of the molecule is NNc1cncc(N(CCO)CC(F)(F)F)n1. The third kappa shape index (κ3) is 4.41. The van der Waals surface area contributed by atoms with E-state index in [0.717, 1.165) is 4.90 Å². The maximum absolute atomic E-state index is 12.3. The van der Waals surface area contributed by atoms with Crippen molar-refractivity contribution in [2.75, 3.05) is 30.0 Å². The molecule has 1 heterocycles. The predicted molar refractivity (Wildman–Crippen MR) is 55.2 cm³/mol. The fourth-order valence-electron chi connectivity index (χ4n) is 1.19. The molecule has 4 N–H and O–H groups in total. The number of halogens is 3. The number of aliphatic hydroxyl groups excluding tert-OH is 1. The van der Waals surface area contributed by atoms with Crippen LogP contribution in [0.15, 0.2) is 12.4 Å². The van der Waals surface area contributed by atoms with Crippen LogP contribution in [0.1, 0.15) is 0 Å². The van der Waals surface area contributed by atoms with Crippen LogP contribution in [0.3, 0.4) is 0 Å². The summed E-state index contributed by atoms with van der Waals surface area (Å²) in [5.74, 6) is 5.22. The Morgan fingerprint density at radius 1 is 1.41 bits per heavy atom. The summed E-state index contributed by atoms with van der Waals surface area (Å²) in [4.78, 5) is 8.37. The van der Waals surface area contributed by atoms with Crippen molar-refractivity contribution in [2.45, 2.75) is 6.18 Å². The molecule has 0 aliphatic heterocycles. The van der Waals surface area contributed by atoms with E-state index in [1.807, 2.05) is 0 Å². The maximum atomic E-state index is 12.3.